The van der Waals surface area contributed by atoms with E-state index in [1.165, 1.54) is 0 Å². The predicted octanol–water partition coefficient (Wildman–Crippen LogP) is 1.61. The summed E-state index contributed by atoms with van der Waals surface area (Å²) in [7, 11) is -2.41. The van der Waals surface area contributed by atoms with E-state index in [-0.39, 0.29) is 22.3 Å². The first kappa shape index (κ1) is 11.0. The first-order valence-corrected chi connectivity index (χ1v) is 6.44. The van der Waals surface area contributed by atoms with E-state index in [0.29, 0.717) is 16.7 Å². The number of allylic oxidation sites excluding steroid dienone is 1. The molecule has 2 aromatic rings. The van der Waals surface area contributed by atoms with Gasteiger partial charge < -0.3 is 4.42 Å². The zero-order valence-electron chi connectivity index (χ0n) is 9.21. The van der Waals surface area contributed by atoms with Crippen LogP contribution in [0.4, 0.5) is 0 Å². The van der Waals surface area contributed by atoms with Gasteiger partial charge in [-0.1, -0.05) is 18.2 Å². The second kappa shape index (κ2) is 3.96. The summed E-state index contributed by atoms with van der Waals surface area (Å²) in [6, 6.07) is 6.80. The molecule has 0 spiro atoms. The molecule has 0 radical (unpaired) electrons. The minimum atomic E-state index is -2.41. The molecule has 0 N–H and O–H groups in total. The summed E-state index contributed by atoms with van der Waals surface area (Å²) in [6.45, 7) is 0. The molecule has 0 fully saturated rings. The predicted molar refractivity (Wildman–Crippen MR) is 69.2 cm³/mol. The minimum Gasteiger partial charge on any atom is -0.456 e. The van der Waals surface area contributed by atoms with Crippen molar-refractivity contribution >= 4 is 32.2 Å². The lowest BCUT2D eigenvalue weighted by molar-refractivity contribution is 0.588. The van der Waals surface area contributed by atoms with Gasteiger partial charge in [0.2, 0.25) is 15.7 Å². The van der Waals surface area contributed by atoms with Crippen LogP contribution in [0, 0.1) is 0 Å². The molecule has 4 nitrogen and oxygen atoms in total. The molecule has 90 valence electrons. The van der Waals surface area contributed by atoms with Gasteiger partial charge >= 0.3 is 0 Å². The third-order valence-corrected chi connectivity index (χ3v) is 3.65. The maximum Gasteiger partial charge on any atom is 0.218 e. The molecule has 1 heterocycles. The SMILES string of the molecule is O=c1c2c(oc3ccccc13)C=CCC2=S(=O)=O. The summed E-state index contributed by atoms with van der Waals surface area (Å²) in [5.41, 5.74) is 0.323. The maximum absolute atomic E-state index is 12.3. The van der Waals surface area contributed by atoms with Crippen molar-refractivity contribution in [2.24, 2.45) is 0 Å². The molecule has 0 unspecified atom stereocenters. The number of rotatable bonds is 0. The van der Waals surface area contributed by atoms with Crippen molar-refractivity contribution in [2.75, 3.05) is 0 Å². The summed E-state index contributed by atoms with van der Waals surface area (Å²) in [5, 5.41) is 0.398. The molecule has 0 saturated carbocycles. The Morgan fingerprint density at radius 2 is 1.94 bits per heavy atom. The van der Waals surface area contributed by atoms with Gasteiger partial charge in [-0.3, -0.25) is 4.79 Å². The van der Waals surface area contributed by atoms with Crippen molar-refractivity contribution in [1.82, 2.24) is 0 Å². The van der Waals surface area contributed by atoms with E-state index in [4.69, 9.17) is 4.42 Å². The van der Waals surface area contributed by atoms with Gasteiger partial charge in [-0.2, -0.15) is 8.42 Å². The number of fused-ring (bicyclic) bond motifs is 2. The Kier molecular flexibility index (Phi) is 2.41. The summed E-state index contributed by atoms with van der Waals surface area (Å²) < 4.78 is 27.9. The Morgan fingerprint density at radius 1 is 1.17 bits per heavy atom. The van der Waals surface area contributed by atoms with E-state index in [9.17, 15) is 13.2 Å². The Hall–Kier alpha value is -2.14. The lowest BCUT2D eigenvalue weighted by Gasteiger charge is -2.10. The van der Waals surface area contributed by atoms with Crippen LogP contribution in [0.3, 0.4) is 0 Å². The van der Waals surface area contributed by atoms with Crippen LogP contribution >= 0.6 is 0 Å². The largest absolute Gasteiger partial charge is 0.456 e. The van der Waals surface area contributed by atoms with Gasteiger partial charge in [0.15, 0.2) is 0 Å². The average Bonchev–Trinajstić information content (AvgIpc) is 2.38. The molecule has 3 rings (SSSR count). The zero-order valence-corrected chi connectivity index (χ0v) is 10.0. The fraction of sp³-hybridized carbons (Fsp3) is 0.0769. The smallest absolute Gasteiger partial charge is 0.218 e. The Morgan fingerprint density at radius 3 is 2.72 bits per heavy atom. The van der Waals surface area contributed by atoms with Crippen molar-refractivity contribution in [3.8, 4) is 0 Å². The van der Waals surface area contributed by atoms with E-state index in [1.54, 1.807) is 36.4 Å². The first-order chi connectivity index (χ1) is 8.68. The second-order valence-electron chi connectivity index (χ2n) is 3.93. The van der Waals surface area contributed by atoms with Crippen molar-refractivity contribution in [3.63, 3.8) is 0 Å². The van der Waals surface area contributed by atoms with Gasteiger partial charge in [-0.05, 0) is 18.2 Å². The molecule has 5 heteroatoms. The van der Waals surface area contributed by atoms with Gasteiger partial charge in [0, 0.05) is 6.42 Å². The van der Waals surface area contributed by atoms with Gasteiger partial charge in [0.25, 0.3) is 0 Å². The highest BCUT2D eigenvalue weighted by atomic mass is 32.2. The van der Waals surface area contributed by atoms with Crippen molar-refractivity contribution < 1.29 is 12.8 Å². The van der Waals surface area contributed by atoms with Crippen molar-refractivity contribution in [2.45, 2.75) is 6.42 Å². The molecule has 0 saturated heterocycles. The van der Waals surface area contributed by atoms with Crippen LogP contribution in [-0.2, 0) is 10.3 Å². The molecule has 1 aromatic heterocycles. The normalized spacial score (nSPS) is 13.7. The van der Waals surface area contributed by atoms with Crippen LogP contribution in [0.25, 0.3) is 17.0 Å². The molecule has 0 amide bonds. The number of hydrogen-bond acceptors (Lipinski definition) is 4. The molecular formula is C13H8O4S. The van der Waals surface area contributed by atoms with Crippen molar-refractivity contribution in [1.29, 1.82) is 0 Å². The molecule has 18 heavy (non-hydrogen) atoms. The van der Waals surface area contributed by atoms with Crippen LogP contribution < -0.4 is 5.43 Å². The monoisotopic (exact) mass is 260 g/mol. The van der Waals surface area contributed by atoms with E-state index < -0.39 is 10.3 Å². The number of hydrogen-bond donors (Lipinski definition) is 0. The third kappa shape index (κ3) is 1.52. The molecule has 0 bridgehead atoms. The van der Waals surface area contributed by atoms with Crippen LogP contribution in [0.1, 0.15) is 17.7 Å². The van der Waals surface area contributed by atoms with Gasteiger partial charge in [-0.25, -0.2) is 0 Å². The van der Waals surface area contributed by atoms with Crippen LogP contribution in [0.5, 0.6) is 0 Å². The topological polar surface area (TPSA) is 64.3 Å². The number of benzene rings is 1. The molecule has 0 aliphatic heterocycles. The number of para-hydroxylation sites is 1. The summed E-state index contributed by atoms with van der Waals surface area (Å²) >= 11 is 0. The first-order valence-electron chi connectivity index (χ1n) is 5.36. The Labute approximate surface area is 104 Å². The standard InChI is InChI=1S/C13H8O4S/c14-13-8-4-1-2-5-9(8)17-10-6-3-7-11(12(10)13)18(15)16/h1-6H,7H2. The van der Waals surface area contributed by atoms with E-state index >= 15 is 0 Å². The zero-order chi connectivity index (χ0) is 12.7. The van der Waals surface area contributed by atoms with Gasteiger partial charge in [0.05, 0.1) is 15.8 Å². The lowest BCUT2D eigenvalue weighted by atomic mass is 10.0. The highest BCUT2D eigenvalue weighted by molar-refractivity contribution is 7.73. The van der Waals surface area contributed by atoms with E-state index in [0.717, 1.165) is 0 Å². The second-order valence-corrected chi connectivity index (χ2v) is 4.89. The highest BCUT2D eigenvalue weighted by Crippen LogP contribution is 2.21. The molecular weight excluding hydrogens is 252 g/mol. The minimum absolute atomic E-state index is 0.0898. The maximum atomic E-state index is 12.3. The van der Waals surface area contributed by atoms with E-state index in [2.05, 4.69) is 0 Å². The molecule has 0 atom stereocenters. The fourth-order valence-electron chi connectivity index (χ4n) is 2.07. The Balaban J connectivity index is 2.56. The molecule has 1 aliphatic rings. The fourth-order valence-corrected chi connectivity index (χ4v) is 2.66. The molecule has 1 aliphatic carbocycles. The van der Waals surface area contributed by atoms with E-state index in [1.807, 2.05) is 0 Å². The van der Waals surface area contributed by atoms with Crippen LogP contribution in [0.2, 0.25) is 0 Å². The molecule has 1 aromatic carbocycles. The van der Waals surface area contributed by atoms with Gasteiger partial charge in [-0.15, -0.1) is 0 Å². The van der Waals surface area contributed by atoms with Crippen LogP contribution in [0.15, 0.2) is 39.6 Å². The quantitative estimate of drug-likeness (QED) is 0.675. The Bertz CT molecular complexity index is 861. The van der Waals surface area contributed by atoms with Gasteiger partial charge in [0.1, 0.15) is 11.3 Å². The van der Waals surface area contributed by atoms with Crippen molar-refractivity contribution in [3.05, 3.63) is 51.9 Å². The van der Waals surface area contributed by atoms with Crippen LogP contribution in [-0.4, -0.2) is 13.3 Å². The summed E-state index contributed by atoms with van der Waals surface area (Å²) in [6.07, 6.45) is 3.54. The lowest BCUT2D eigenvalue weighted by Crippen LogP contribution is -2.20. The third-order valence-electron chi connectivity index (χ3n) is 2.88. The summed E-state index contributed by atoms with van der Waals surface area (Å²) in [4.78, 5) is 12.4. The summed E-state index contributed by atoms with van der Waals surface area (Å²) in [5.74, 6) is 0.309. The average molecular weight is 260 g/mol. The highest BCUT2D eigenvalue weighted by Gasteiger charge is 2.20.